The van der Waals surface area contributed by atoms with E-state index < -0.39 is 0 Å². The molecule has 2 saturated heterocycles. The lowest BCUT2D eigenvalue weighted by Crippen LogP contribution is -2.51. The molecule has 0 unspecified atom stereocenters. The Labute approximate surface area is 238 Å². The number of para-hydroxylation sites is 1. The number of phenolic OH excluding ortho intramolecular Hbond substituents is 1. The molecule has 1 aromatic heterocycles. The van der Waals surface area contributed by atoms with Crippen molar-refractivity contribution in [3.63, 3.8) is 0 Å². The Morgan fingerprint density at radius 1 is 0.925 bits per heavy atom. The average Bonchev–Trinajstić information content (AvgIpc) is 3.63. The predicted molar refractivity (Wildman–Crippen MR) is 157 cm³/mol. The molecule has 40 heavy (non-hydrogen) atoms. The summed E-state index contributed by atoms with van der Waals surface area (Å²) in [5.41, 5.74) is 3.84. The number of hydrogen-bond acceptors (Lipinski definition) is 6. The molecule has 0 bridgehead atoms. The maximum absolute atomic E-state index is 13.1. The van der Waals surface area contributed by atoms with Crippen molar-refractivity contribution < 1.29 is 19.1 Å². The zero-order chi connectivity index (χ0) is 27.6. The molecule has 7 nitrogen and oxygen atoms in total. The van der Waals surface area contributed by atoms with Crippen LogP contribution in [0, 0.1) is 5.92 Å². The van der Waals surface area contributed by atoms with Crippen molar-refractivity contribution in [1.82, 2.24) is 9.80 Å². The van der Waals surface area contributed by atoms with Crippen LogP contribution in [0.5, 0.6) is 5.75 Å². The fourth-order valence-corrected chi connectivity index (χ4v) is 5.93. The first-order chi connectivity index (χ1) is 19.4. The highest BCUT2D eigenvalue weighted by atomic mass is 35.5. The van der Waals surface area contributed by atoms with Crippen LogP contribution in [0.25, 0.3) is 22.3 Å². The van der Waals surface area contributed by atoms with Crippen LogP contribution in [-0.4, -0.2) is 72.4 Å². The average molecular weight is 558 g/mol. The Morgan fingerprint density at radius 3 is 2.55 bits per heavy atom. The van der Waals surface area contributed by atoms with E-state index in [9.17, 15) is 14.7 Å². The molecule has 1 atom stereocenters. The molecular weight excluding hydrogens is 526 g/mol. The lowest BCUT2D eigenvalue weighted by atomic mass is 9.97. The van der Waals surface area contributed by atoms with Gasteiger partial charge in [-0.3, -0.25) is 14.5 Å². The molecule has 0 spiro atoms. The van der Waals surface area contributed by atoms with Crippen LogP contribution >= 0.6 is 11.6 Å². The van der Waals surface area contributed by atoms with Crippen molar-refractivity contribution in [3.05, 3.63) is 83.4 Å². The fourth-order valence-electron chi connectivity index (χ4n) is 5.73. The molecular formula is C32H32ClN3O4. The third-order valence-electron chi connectivity index (χ3n) is 8.03. The van der Waals surface area contributed by atoms with E-state index in [1.165, 1.54) is 6.07 Å². The van der Waals surface area contributed by atoms with Gasteiger partial charge in [0.2, 0.25) is 5.91 Å². The number of carbonyl (C=O) groups is 2. The zero-order valence-electron chi connectivity index (χ0n) is 22.3. The Morgan fingerprint density at radius 2 is 1.75 bits per heavy atom. The SMILES string of the molecule is O=C(Cc1ccc(O)c(Cl)c1)[C@@H]1CCN(CC(=O)N2CCN(c3cccc(-c4cc5ccccc5o4)c3)CC2)C1. The maximum atomic E-state index is 13.1. The summed E-state index contributed by atoms with van der Waals surface area (Å²) in [7, 11) is 0. The number of fused-ring (bicyclic) bond motifs is 1. The Kier molecular flexibility index (Phi) is 7.50. The van der Waals surface area contributed by atoms with Gasteiger partial charge < -0.3 is 19.3 Å². The number of Topliss-reactive ketones (excluding diaryl/α,β-unsaturated/α-hetero) is 1. The number of likely N-dealkylation sites (tertiary alicyclic amines) is 1. The van der Waals surface area contributed by atoms with Crippen LogP contribution in [0.4, 0.5) is 5.69 Å². The predicted octanol–water partition coefficient (Wildman–Crippen LogP) is 5.24. The van der Waals surface area contributed by atoms with Gasteiger partial charge in [0.25, 0.3) is 0 Å². The minimum atomic E-state index is -0.0868. The molecule has 1 N–H and O–H groups in total. The minimum Gasteiger partial charge on any atom is -0.506 e. The van der Waals surface area contributed by atoms with Crippen LogP contribution in [-0.2, 0) is 16.0 Å². The number of phenols is 1. The van der Waals surface area contributed by atoms with E-state index in [2.05, 4.69) is 46.2 Å². The van der Waals surface area contributed by atoms with Crippen LogP contribution < -0.4 is 4.90 Å². The number of furan rings is 1. The molecule has 0 radical (unpaired) electrons. The second-order valence-corrected chi connectivity index (χ2v) is 11.1. The van der Waals surface area contributed by atoms with Gasteiger partial charge in [0, 0.05) is 61.7 Å². The fraction of sp³-hybridized carbons (Fsp3) is 0.312. The van der Waals surface area contributed by atoms with E-state index in [1.807, 2.05) is 23.1 Å². The monoisotopic (exact) mass is 557 g/mol. The zero-order valence-corrected chi connectivity index (χ0v) is 23.0. The highest BCUT2D eigenvalue weighted by molar-refractivity contribution is 6.32. The van der Waals surface area contributed by atoms with Gasteiger partial charge in [-0.2, -0.15) is 0 Å². The molecule has 4 aromatic rings. The summed E-state index contributed by atoms with van der Waals surface area (Å²) in [5, 5.41) is 10.9. The number of ketones is 1. The van der Waals surface area contributed by atoms with Gasteiger partial charge in [-0.05, 0) is 54.9 Å². The van der Waals surface area contributed by atoms with Crippen molar-refractivity contribution in [2.75, 3.05) is 50.7 Å². The van der Waals surface area contributed by atoms with E-state index in [0.717, 1.165) is 59.6 Å². The molecule has 6 rings (SSSR count). The number of benzene rings is 3. The van der Waals surface area contributed by atoms with Crippen molar-refractivity contribution in [2.24, 2.45) is 5.92 Å². The Hall–Kier alpha value is -3.81. The molecule has 2 fully saturated rings. The molecule has 8 heteroatoms. The number of carbonyl (C=O) groups excluding carboxylic acids is 2. The third-order valence-corrected chi connectivity index (χ3v) is 8.33. The van der Waals surface area contributed by atoms with E-state index in [0.29, 0.717) is 26.2 Å². The van der Waals surface area contributed by atoms with E-state index in [4.69, 9.17) is 16.0 Å². The molecule has 3 heterocycles. The first-order valence-electron chi connectivity index (χ1n) is 13.8. The van der Waals surface area contributed by atoms with Crippen LogP contribution in [0.3, 0.4) is 0 Å². The molecule has 3 aromatic carbocycles. The molecule has 0 aliphatic carbocycles. The van der Waals surface area contributed by atoms with Crippen LogP contribution in [0.1, 0.15) is 12.0 Å². The van der Waals surface area contributed by atoms with Gasteiger partial charge in [0.05, 0.1) is 11.6 Å². The van der Waals surface area contributed by atoms with E-state index in [-0.39, 0.29) is 34.8 Å². The largest absolute Gasteiger partial charge is 0.506 e. The third kappa shape index (κ3) is 5.71. The quantitative estimate of drug-likeness (QED) is 0.335. The molecule has 206 valence electrons. The lowest BCUT2D eigenvalue weighted by Gasteiger charge is -2.37. The number of halogens is 1. The Bertz CT molecular complexity index is 1510. The topological polar surface area (TPSA) is 77.2 Å². The first kappa shape index (κ1) is 26.4. The van der Waals surface area contributed by atoms with Crippen LogP contribution in [0.2, 0.25) is 5.02 Å². The molecule has 2 aliphatic heterocycles. The number of amides is 1. The second-order valence-electron chi connectivity index (χ2n) is 10.7. The summed E-state index contributed by atoms with van der Waals surface area (Å²) in [6.07, 6.45) is 1.04. The van der Waals surface area contributed by atoms with Gasteiger partial charge in [0.1, 0.15) is 22.9 Å². The number of anilines is 1. The van der Waals surface area contributed by atoms with Crippen LogP contribution in [0.15, 0.2) is 77.2 Å². The van der Waals surface area contributed by atoms with Gasteiger partial charge in [0.15, 0.2) is 0 Å². The smallest absolute Gasteiger partial charge is 0.236 e. The highest BCUT2D eigenvalue weighted by Gasteiger charge is 2.31. The van der Waals surface area contributed by atoms with E-state index >= 15 is 0 Å². The number of nitrogens with zero attached hydrogens (tertiary/aromatic N) is 3. The summed E-state index contributed by atoms with van der Waals surface area (Å²) in [6, 6.07) is 23.4. The number of rotatable bonds is 7. The number of hydrogen-bond donors (Lipinski definition) is 1. The molecule has 2 aliphatic rings. The normalized spacial score (nSPS) is 18.0. The van der Waals surface area contributed by atoms with Gasteiger partial charge in [-0.15, -0.1) is 0 Å². The van der Waals surface area contributed by atoms with Gasteiger partial charge in [-0.25, -0.2) is 0 Å². The summed E-state index contributed by atoms with van der Waals surface area (Å²) < 4.78 is 6.06. The minimum absolute atomic E-state index is 0.0143. The summed E-state index contributed by atoms with van der Waals surface area (Å²) in [5.74, 6) is 1.05. The standard InChI is InChI=1S/C32H32ClN3O4/c33-27-16-22(8-9-28(27)37)17-29(38)25-10-11-34(20-25)21-32(39)36-14-12-35(13-15-36)26-6-3-5-23(18-26)31-19-24-4-1-2-7-30(24)40-31/h1-9,16,18-19,25,37H,10-15,17,20-21H2/t25-/m1/s1. The van der Waals surface area contributed by atoms with Crippen molar-refractivity contribution in [2.45, 2.75) is 12.8 Å². The number of piperazine rings is 1. The summed E-state index contributed by atoms with van der Waals surface area (Å²) >= 11 is 5.98. The summed E-state index contributed by atoms with van der Waals surface area (Å²) in [4.78, 5) is 32.3. The first-order valence-corrected chi connectivity index (χ1v) is 14.1. The number of aromatic hydroxyl groups is 1. The van der Waals surface area contributed by atoms with Crippen molar-refractivity contribution in [3.8, 4) is 17.1 Å². The Balaban J connectivity index is 0.997. The van der Waals surface area contributed by atoms with Gasteiger partial charge >= 0.3 is 0 Å². The second kappa shape index (κ2) is 11.4. The van der Waals surface area contributed by atoms with Crippen molar-refractivity contribution >= 4 is 39.9 Å². The summed E-state index contributed by atoms with van der Waals surface area (Å²) in [6.45, 7) is 4.57. The van der Waals surface area contributed by atoms with Crippen molar-refractivity contribution in [1.29, 1.82) is 0 Å². The molecule has 1 amide bonds. The molecule has 0 saturated carbocycles. The highest BCUT2D eigenvalue weighted by Crippen LogP contribution is 2.31. The maximum Gasteiger partial charge on any atom is 0.236 e. The lowest BCUT2D eigenvalue weighted by molar-refractivity contribution is -0.132. The van der Waals surface area contributed by atoms with E-state index in [1.54, 1.807) is 12.1 Å². The van der Waals surface area contributed by atoms with Gasteiger partial charge in [-0.1, -0.05) is 48.0 Å².